The van der Waals surface area contributed by atoms with Crippen molar-refractivity contribution in [3.05, 3.63) is 0 Å². The Bertz CT molecular complexity index is 296. The highest BCUT2D eigenvalue weighted by Gasteiger charge is 2.23. The van der Waals surface area contributed by atoms with Crippen molar-refractivity contribution in [3.63, 3.8) is 0 Å². The van der Waals surface area contributed by atoms with Crippen molar-refractivity contribution >= 4 is 6.03 Å². The lowest BCUT2D eigenvalue weighted by atomic mass is 9.85. The SMILES string of the molecule is CCNCC(CC1CCCCC1)NC(=O)N1CCCCC1. The minimum absolute atomic E-state index is 0.161. The van der Waals surface area contributed by atoms with Crippen LogP contribution in [0.15, 0.2) is 0 Å². The Morgan fingerprint density at radius 3 is 2.43 bits per heavy atom. The number of hydrogen-bond acceptors (Lipinski definition) is 2. The molecule has 0 radical (unpaired) electrons. The Morgan fingerprint density at radius 1 is 1.10 bits per heavy atom. The van der Waals surface area contributed by atoms with Crippen LogP contribution in [0, 0.1) is 5.92 Å². The molecule has 122 valence electrons. The Kier molecular flexibility index (Phi) is 7.34. The third-order valence-corrected chi connectivity index (χ3v) is 4.95. The standard InChI is InChI=1S/C17H33N3O/c1-2-18-14-16(13-15-9-5-3-6-10-15)19-17(21)20-11-7-4-8-12-20/h15-16,18H,2-14H2,1H3,(H,19,21). The molecule has 2 amide bonds. The first kappa shape index (κ1) is 16.6. The van der Waals surface area contributed by atoms with Gasteiger partial charge in [-0.2, -0.15) is 0 Å². The molecule has 2 aliphatic rings. The van der Waals surface area contributed by atoms with Gasteiger partial charge in [0.15, 0.2) is 0 Å². The zero-order chi connectivity index (χ0) is 14.9. The Hall–Kier alpha value is -0.770. The monoisotopic (exact) mass is 295 g/mol. The smallest absolute Gasteiger partial charge is 0.317 e. The predicted octanol–water partition coefficient (Wildman–Crippen LogP) is 3.13. The Morgan fingerprint density at radius 2 is 1.76 bits per heavy atom. The highest BCUT2D eigenvalue weighted by molar-refractivity contribution is 5.74. The van der Waals surface area contributed by atoms with Crippen LogP contribution in [0.2, 0.25) is 0 Å². The van der Waals surface area contributed by atoms with Crippen molar-refractivity contribution in [2.24, 2.45) is 5.92 Å². The highest BCUT2D eigenvalue weighted by Crippen LogP contribution is 2.27. The topological polar surface area (TPSA) is 44.4 Å². The molecule has 4 nitrogen and oxygen atoms in total. The number of urea groups is 1. The van der Waals surface area contributed by atoms with Gasteiger partial charge in [-0.05, 0) is 38.1 Å². The molecule has 21 heavy (non-hydrogen) atoms. The molecule has 1 atom stereocenters. The van der Waals surface area contributed by atoms with Gasteiger partial charge in [0.05, 0.1) is 0 Å². The molecule has 0 aromatic carbocycles. The van der Waals surface area contributed by atoms with Crippen LogP contribution in [0.5, 0.6) is 0 Å². The summed E-state index contributed by atoms with van der Waals surface area (Å²) in [5, 5.41) is 6.71. The van der Waals surface area contributed by atoms with Gasteiger partial charge in [0.1, 0.15) is 0 Å². The van der Waals surface area contributed by atoms with Crippen LogP contribution in [0.1, 0.15) is 64.7 Å². The number of likely N-dealkylation sites (tertiary alicyclic amines) is 1. The van der Waals surface area contributed by atoms with Gasteiger partial charge in [0.2, 0.25) is 0 Å². The minimum atomic E-state index is 0.161. The van der Waals surface area contributed by atoms with E-state index in [1.54, 1.807) is 0 Å². The summed E-state index contributed by atoms with van der Waals surface area (Å²) in [4.78, 5) is 14.4. The summed E-state index contributed by atoms with van der Waals surface area (Å²) in [5.41, 5.74) is 0. The molecule has 2 N–H and O–H groups in total. The van der Waals surface area contributed by atoms with E-state index in [2.05, 4.69) is 17.6 Å². The zero-order valence-corrected chi connectivity index (χ0v) is 13.7. The molecule has 0 aromatic heterocycles. The molecule has 4 heteroatoms. The number of likely N-dealkylation sites (N-methyl/N-ethyl adjacent to an activating group) is 1. The van der Waals surface area contributed by atoms with Crippen molar-refractivity contribution in [1.29, 1.82) is 0 Å². The van der Waals surface area contributed by atoms with Crippen LogP contribution in [0.3, 0.4) is 0 Å². The molecule has 1 aliphatic carbocycles. The lowest BCUT2D eigenvalue weighted by molar-refractivity contribution is 0.178. The van der Waals surface area contributed by atoms with Gasteiger partial charge in [0.25, 0.3) is 0 Å². The summed E-state index contributed by atoms with van der Waals surface area (Å²) in [7, 11) is 0. The molecule has 1 saturated heterocycles. The summed E-state index contributed by atoms with van der Waals surface area (Å²) in [6.45, 7) is 5.88. The number of hydrogen-bond donors (Lipinski definition) is 2. The predicted molar refractivity (Wildman–Crippen MR) is 87.5 cm³/mol. The third-order valence-electron chi connectivity index (χ3n) is 4.95. The van der Waals surface area contributed by atoms with Crippen LogP contribution < -0.4 is 10.6 Å². The molecule has 0 spiro atoms. The minimum Gasteiger partial charge on any atom is -0.334 e. The van der Waals surface area contributed by atoms with E-state index in [0.29, 0.717) is 6.04 Å². The second kappa shape index (κ2) is 9.29. The number of nitrogens with one attached hydrogen (secondary N) is 2. The van der Waals surface area contributed by atoms with Crippen molar-refractivity contribution in [2.75, 3.05) is 26.2 Å². The van der Waals surface area contributed by atoms with E-state index in [1.165, 1.54) is 38.5 Å². The second-order valence-electron chi connectivity index (χ2n) is 6.74. The maximum absolute atomic E-state index is 12.4. The van der Waals surface area contributed by atoms with Gasteiger partial charge in [0, 0.05) is 25.7 Å². The summed E-state index contributed by atoms with van der Waals surface area (Å²) in [6.07, 6.45) is 11.6. The number of carbonyl (C=O) groups excluding carboxylic acids is 1. The van der Waals surface area contributed by atoms with E-state index in [0.717, 1.165) is 51.4 Å². The fraction of sp³-hybridized carbons (Fsp3) is 0.941. The molecule has 0 bridgehead atoms. The van der Waals surface area contributed by atoms with Gasteiger partial charge in [-0.3, -0.25) is 0 Å². The average molecular weight is 295 g/mol. The van der Waals surface area contributed by atoms with Crippen LogP contribution in [0.4, 0.5) is 4.79 Å². The van der Waals surface area contributed by atoms with Crippen molar-refractivity contribution in [3.8, 4) is 0 Å². The van der Waals surface area contributed by atoms with E-state index in [1.807, 2.05) is 4.90 Å². The van der Waals surface area contributed by atoms with E-state index in [4.69, 9.17) is 0 Å². The quantitative estimate of drug-likeness (QED) is 0.790. The number of nitrogens with zero attached hydrogens (tertiary/aromatic N) is 1. The maximum atomic E-state index is 12.4. The average Bonchev–Trinajstić information content (AvgIpc) is 2.54. The van der Waals surface area contributed by atoms with Crippen LogP contribution in [0.25, 0.3) is 0 Å². The molecule has 2 rings (SSSR count). The normalized spacial score (nSPS) is 22.0. The van der Waals surface area contributed by atoms with Gasteiger partial charge in [-0.25, -0.2) is 4.79 Å². The molecule has 1 heterocycles. The van der Waals surface area contributed by atoms with Crippen LogP contribution in [-0.4, -0.2) is 43.2 Å². The Labute approximate surface area is 130 Å². The van der Waals surface area contributed by atoms with E-state index >= 15 is 0 Å². The van der Waals surface area contributed by atoms with Gasteiger partial charge in [-0.1, -0.05) is 39.0 Å². The van der Waals surface area contributed by atoms with E-state index < -0.39 is 0 Å². The first-order valence-electron chi connectivity index (χ1n) is 9.05. The fourth-order valence-electron chi connectivity index (χ4n) is 3.70. The van der Waals surface area contributed by atoms with Gasteiger partial charge >= 0.3 is 6.03 Å². The highest BCUT2D eigenvalue weighted by atomic mass is 16.2. The fourth-order valence-corrected chi connectivity index (χ4v) is 3.70. The lowest BCUT2D eigenvalue weighted by Crippen LogP contribution is -2.50. The van der Waals surface area contributed by atoms with Gasteiger partial charge in [-0.15, -0.1) is 0 Å². The molecular formula is C17H33N3O. The van der Waals surface area contributed by atoms with Crippen molar-refractivity contribution in [1.82, 2.24) is 15.5 Å². The number of rotatable bonds is 6. The van der Waals surface area contributed by atoms with E-state index in [9.17, 15) is 4.79 Å². The van der Waals surface area contributed by atoms with Crippen LogP contribution >= 0.6 is 0 Å². The molecular weight excluding hydrogens is 262 g/mol. The first-order valence-corrected chi connectivity index (χ1v) is 9.05. The lowest BCUT2D eigenvalue weighted by Gasteiger charge is -2.31. The molecule has 2 fully saturated rings. The molecule has 1 aliphatic heterocycles. The summed E-state index contributed by atoms with van der Waals surface area (Å²) >= 11 is 0. The number of carbonyl (C=O) groups is 1. The summed E-state index contributed by atoms with van der Waals surface area (Å²) in [5.74, 6) is 0.809. The van der Waals surface area contributed by atoms with Crippen molar-refractivity contribution in [2.45, 2.75) is 70.8 Å². The molecule has 0 aromatic rings. The second-order valence-corrected chi connectivity index (χ2v) is 6.74. The maximum Gasteiger partial charge on any atom is 0.317 e. The van der Waals surface area contributed by atoms with E-state index in [-0.39, 0.29) is 6.03 Å². The van der Waals surface area contributed by atoms with Crippen LogP contribution in [-0.2, 0) is 0 Å². The molecule has 1 unspecified atom stereocenters. The summed E-state index contributed by atoms with van der Waals surface area (Å²) < 4.78 is 0. The summed E-state index contributed by atoms with van der Waals surface area (Å²) in [6, 6.07) is 0.455. The largest absolute Gasteiger partial charge is 0.334 e. The number of piperidine rings is 1. The molecule has 1 saturated carbocycles. The zero-order valence-electron chi connectivity index (χ0n) is 13.7. The Balaban J connectivity index is 1.80. The third kappa shape index (κ3) is 5.85. The van der Waals surface area contributed by atoms with Gasteiger partial charge < -0.3 is 15.5 Å². The first-order chi connectivity index (χ1) is 10.3. The number of amides is 2. The van der Waals surface area contributed by atoms with Crippen molar-refractivity contribution < 1.29 is 4.79 Å².